The Bertz CT molecular complexity index is 959. The van der Waals surface area contributed by atoms with Gasteiger partial charge in [-0.25, -0.2) is 4.98 Å². The number of nitrogens with zero attached hydrogens (tertiary/aromatic N) is 1. The van der Waals surface area contributed by atoms with Gasteiger partial charge in [-0.2, -0.15) is 0 Å². The van der Waals surface area contributed by atoms with Crippen LogP contribution in [0.2, 0.25) is 5.02 Å². The number of hydrogen-bond donors (Lipinski definition) is 2. The molecule has 7 heteroatoms. The lowest BCUT2D eigenvalue weighted by molar-refractivity contribution is 0.0950. The molecule has 0 saturated heterocycles. The Hall–Kier alpha value is -3.25. The van der Waals surface area contributed by atoms with Crippen molar-refractivity contribution in [3.05, 3.63) is 76.9 Å². The summed E-state index contributed by atoms with van der Waals surface area (Å²) < 4.78 is 10.6. The molecule has 0 atom stereocenters. The highest BCUT2D eigenvalue weighted by Gasteiger charge is 2.13. The van der Waals surface area contributed by atoms with Crippen LogP contribution in [-0.2, 0) is 6.54 Å². The zero-order valence-electron chi connectivity index (χ0n) is 14.2. The van der Waals surface area contributed by atoms with E-state index in [0.717, 1.165) is 17.0 Å². The molecule has 0 unspecified atom stereocenters. The average molecular weight is 382 g/mol. The second-order valence-corrected chi connectivity index (χ2v) is 6.37. The molecule has 0 aliphatic carbocycles. The van der Waals surface area contributed by atoms with Crippen molar-refractivity contribution in [1.82, 2.24) is 10.3 Å². The predicted octanol–water partition coefficient (Wildman–Crippen LogP) is 4.14. The van der Waals surface area contributed by atoms with E-state index >= 15 is 0 Å². The molecule has 2 N–H and O–H groups in total. The van der Waals surface area contributed by atoms with Crippen LogP contribution in [0.3, 0.4) is 0 Å². The Morgan fingerprint density at radius 2 is 1.85 bits per heavy atom. The molecule has 0 spiro atoms. The summed E-state index contributed by atoms with van der Waals surface area (Å²) in [4.78, 5) is 16.5. The molecular formula is C20H16ClN3O3. The van der Waals surface area contributed by atoms with E-state index in [4.69, 9.17) is 21.1 Å². The van der Waals surface area contributed by atoms with Crippen LogP contribution in [0.25, 0.3) is 0 Å². The van der Waals surface area contributed by atoms with E-state index in [-0.39, 0.29) is 12.7 Å². The largest absolute Gasteiger partial charge is 0.454 e. The number of anilines is 2. The van der Waals surface area contributed by atoms with Crippen molar-refractivity contribution in [3.8, 4) is 11.5 Å². The van der Waals surface area contributed by atoms with Crippen molar-refractivity contribution in [2.45, 2.75) is 6.54 Å². The first-order chi connectivity index (χ1) is 13.2. The van der Waals surface area contributed by atoms with Crippen molar-refractivity contribution < 1.29 is 14.3 Å². The minimum atomic E-state index is -0.188. The predicted molar refractivity (Wildman–Crippen MR) is 103 cm³/mol. The maximum Gasteiger partial charge on any atom is 0.253 e. The molecule has 1 aromatic heterocycles. The van der Waals surface area contributed by atoms with Gasteiger partial charge in [-0.05, 0) is 42.0 Å². The number of rotatable bonds is 5. The minimum absolute atomic E-state index is 0.188. The number of ether oxygens (including phenoxy) is 2. The van der Waals surface area contributed by atoms with Gasteiger partial charge in [0.05, 0.1) is 5.56 Å². The van der Waals surface area contributed by atoms with Crippen LogP contribution in [0.15, 0.2) is 60.8 Å². The van der Waals surface area contributed by atoms with Gasteiger partial charge in [0.1, 0.15) is 5.82 Å². The molecule has 4 rings (SSSR count). The van der Waals surface area contributed by atoms with Crippen LogP contribution >= 0.6 is 11.6 Å². The maximum absolute atomic E-state index is 12.3. The molecule has 3 aromatic rings. The van der Waals surface area contributed by atoms with Gasteiger partial charge in [-0.1, -0.05) is 23.7 Å². The van der Waals surface area contributed by atoms with Gasteiger partial charge < -0.3 is 20.1 Å². The van der Waals surface area contributed by atoms with E-state index in [1.54, 1.807) is 24.3 Å². The molecule has 6 nitrogen and oxygen atoms in total. The van der Waals surface area contributed by atoms with Crippen molar-refractivity contribution in [2.75, 3.05) is 12.1 Å². The monoisotopic (exact) mass is 381 g/mol. The van der Waals surface area contributed by atoms with E-state index < -0.39 is 0 Å². The fraction of sp³-hybridized carbons (Fsp3) is 0.100. The lowest BCUT2D eigenvalue weighted by Crippen LogP contribution is -2.22. The fourth-order valence-electron chi connectivity index (χ4n) is 2.61. The number of fused-ring (bicyclic) bond motifs is 1. The minimum Gasteiger partial charge on any atom is -0.454 e. The number of carbonyl (C=O) groups is 1. The van der Waals surface area contributed by atoms with Gasteiger partial charge >= 0.3 is 0 Å². The van der Waals surface area contributed by atoms with Crippen molar-refractivity contribution in [2.24, 2.45) is 0 Å². The quantitative estimate of drug-likeness (QED) is 0.695. The average Bonchev–Trinajstić information content (AvgIpc) is 3.16. The van der Waals surface area contributed by atoms with Gasteiger partial charge in [0, 0.05) is 29.5 Å². The number of amides is 1. The normalized spacial score (nSPS) is 11.9. The van der Waals surface area contributed by atoms with Crippen LogP contribution in [0.5, 0.6) is 11.5 Å². The third-order valence-electron chi connectivity index (χ3n) is 4.04. The molecule has 1 aliphatic rings. The van der Waals surface area contributed by atoms with E-state index in [1.165, 1.54) is 6.20 Å². The van der Waals surface area contributed by atoms with Crippen LogP contribution in [0.4, 0.5) is 11.5 Å². The number of nitrogens with one attached hydrogen (secondary N) is 2. The van der Waals surface area contributed by atoms with Crippen LogP contribution in [-0.4, -0.2) is 17.7 Å². The summed E-state index contributed by atoms with van der Waals surface area (Å²) in [6.45, 7) is 0.657. The zero-order valence-corrected chi connectivity index (χ0v) is 15.0. The number of benzene rings is 2. The second kappa shape index (κ2) is 7.55. The third kappa shape index (κ3) is 4.12. The molecule has 27 heavy (non-hydrogen) atoms. The summed E-state index contributed by atoms with van der Waals surface area (Å²) in [7, 11) is 0. The molecule has 1 aliphatic heterocycles. The highest BCUT2D eigenvalue weighted by Crippen LogP contribution is 2.34. The zero-order chi connectivity index (χ0) is 18.6. The second-order valence-electron chi connectivity index (χ2n) is 5.93. The number of aromatic nitrogens is 1. The van der Waals surface area contributed by atoms with Crippen LogP contribution < -0.4 is 20.1 Å². The Labute approximate surface area is 161 Å². The number of hydrogen-bond acceptors (Lipinski definition) is 5. The molecule has 0 radical (unpaired) electrons. The highest BCUT2D eigenvalue weighted by molar-refractivity contribution is 6.30. The fourth-order valence-corrected chi connectivity index (χ4v) is 2.74. The van der Waals surface area contributed by atoms with E-state index in [2.05, 4.69) is 15.6 Å². The Balaban J connectivity index is 1.36. The van der Waals surface area contributed by atoms with Crippen LogP contribution in [0.1, 0.15) is 15.9 Å². The smallest absolute Gasteiger partial charge is 0.253 e. The summed E-state index contributed by atoms with van der Waals surface area (Å²) in [5.41, 5.74) is 2.29. The first-order valence-electron chi connectivity index (χ1n) is 8.33. The maximum atomic E-state index is 12.3. The molecule has 0 fully saturated rings. The summed E-state index contributed by atoms with van der Waals surface area (Å²) in [5.74, 6) is 1.86. The van der Waals surface area contributed by atoms with Gasteiger partial charge in [0.15, 0.2) is 11.5 Å². The van der Waals surface area contributed by atoms with E-state index in [9.17, 15) is 4.79 Å². The molecule has 136 valence electrons. The van der Waals surface area contributed by atoms with Crippen molar-refractivity contribution >= 4 is 29.0 Å². The standard InChI is InChI=1S/C20H16ClN3O3/c21-15-4-1-13(2-5-15)10-23-20(25)14-3-8-19(22-11-14)24-16-6-7-17-18(9-16)27-12-26-17/h1-9,11H,10,12H2,(H,22,24)(H,23,25). The van der Waals surface area contributed by atoms with E-state index in [0.29, 0.717) is 28.7 Å². The molecule has 0 saturated carbocycles. The van der Waals surface area contributed by atoms with E-state index in [1.807, 2.05) is 30.3 Å². The topological polar surface area (TPSA) is 72.5 Å². The summed E-state index contributed by atoms with van der Waals surface area (Å²) in [6, 6.07) is 16.4. The van der Waals surface area contributed by atoms with Gasteiger partial charge in [-0.3, -0.25) is 4.79 Å². The molecule has 0 bridgehead atoms. The first-order valence-corrected chi connectivity index (χ1v) is 8.70. The SMILES string of the molecule is O=C(NCc1ccc(Cl)cc1)c1ccc(Nc2ccc3c(c2)OCO3)nc1. The molecular weight excluding hydrogens is 366 g/mol. The molecule has 2 aromatic carbocycles. The van der Waals surface area contributed by atoms with Crippen molar-refractivity contribution in [1.29, 1.82) is 0 Å². The number of carbonyl (C=O) groups excluding carboxylic acids is 1. The summed E-state index contributed by atoms with van der Waals surface area (Å²) in [6.07, 6.45) is 1.53. The Morgan fingerprint density at radius 3 is 2.63 bits per heavy atom. The number of pyridine rings is 1. The van der Waals surface area contributed by atoms with Gasteiger partial charge in [0.2, 0.25) is 6.79 Å². The number of halogens is 1. The van der Waals surface area contributed by atoms with Crippen LogP contribution in [0, 0.1) is 0 Å². The molecule has 1 amide bonds. The highest BCUT2D eigenvalue weighted by atomic mass is 35.5. The summed E-state index contributed by atoms with van der Waals surface area (Å²) in [5, 5.41) is 6.70. The first kappa shape index (κ1) is 17.2. The summed E-state index contributed by atoms with van der Waals surface area (Å²) >= 11 is 5.86. The Morgan fingerprint density at radius 1 is 1.04 bits per heavy atom. The van der Waals surface area contributed by atoms with Crippen molar-refractivity contribution in [3.63, 3.8) is 0 Å². The Kier molecular flexibility index (Phi) is 4.80. The van der Waals surface area contributed by atoms with Gasteiger partial charge in [0.25, 0.3) is 5.91 Å². The van der Waals surface area contributed by atoms with Gasteiger partial charge in [-0.15, -0.1) is 0 Å². The lowest BCUT2D eigenvalue weighted by Gasteiger charge is -2.08. The lowest BCUT2D eigenvalue weighted by atomic mass is 10.2. The molecule has 2 heterocycles. The third-order valence-corrected chi connectivity index (χ3v) is 4.29.